The average molecular weight is 278 g/mol. The number of nitrogens with zero attached hydrogens (tertiary/aromatic N) is 2. The van der Waals surface area contributed by atoms with Crippen molar-refractivity contribution in [2.24, 2.45) is 0 Å². The minimum atomic E-state index is -5.09. The fourth-order valence-electron chi connectivity index (χ4n) is 1.35. The van der Waals surface area contributed by atoms with Crippen molar-refractivity contribution in [1.82, 2.24) is 0 Å². The molecule has 0 saturated carbocycles. The van der Waals surface area contributed by atoms with Gasteiger partial charge in [0.05, 0.1) is 15.9 Å². The van der Waals surface area contributed by atoms with Gasteiger partial charge in [0.1, 0.15) is 5.75 Å². The van der Waals surface area contributed by atoms with Crippen LogP contribution in [0.25, 0.3) is 0 Å². The van der Waals surface area contributed by atoms with E-state index in [0.717, 1.165) is 6.92 Å². The Balaban J connectivity index is 3.99. The Bertz CT molecular complexity index is 650. The third-order valence-corrected chi connectivity index (χ3v) is 3.11. The molecule has 0 heterocycles. The Labute approximate surface area is 99.5 Å². The van der Waals surface area contributed by atoms with Crippen molar-refractivity contribution in [2.45, 2.75) is 11.8 Å². The minimum absolute atomic E-state index is 0.447. The van der Waals surface area contributed by atoms with Gasteiger partial charge in [0.25, 0.3) is 0 Å². The van der Waals surface area contributed by atoms with Crippen LogP contribution in [0, 0.1) is 27.2 Å². The number of benzene rings is 1. The second-order valence-corrected chi connectivity index (χ2v) is 4.57. The van der Waals surface area contributed by atoms with Crippen LogP contribution in [0.5, 0.6) is 5.75 Å². The van der Waals surface area contributed by atoms with Crippen LogP contribution in [0.1, 0.15) is 5.56 Å². The summed E-state index contributed by atoms with van der Waals surface area (Å²) in [6, 6.07) is 0.447. The third-order valence-electron chi connectivity index (χ3n) is 2.09. The fraction of sp³-hybridized carbons (Fsp3) is 0.143. The molecule has 0 spiro atoms. The van der Waals surface area contributed by atoms with Gasteiger partial charge in [0, 0.05) is 5.56 Å². The van der Waals surface area contributed by atoms with Crippen LogP contribution in [0.2, 0.25) is 0 Å². The van der Waals surface area contributed by atoms with E-state index >= 15 is 0 Å². The summed E-state index contributed by atoms with van der Waals surface area (Å²) in [6.07, 6.45) is 0. The quantitative estimate of drug-likeness (QED) is 0.465. The first kappa shape index (κ1) is 13.8. The summed E-state index contributed by atoms with van der Waals surface area (Å²) in [7, 11) is -5.09. The van der Waals surface area contributed by atoms with Gasteiger partial charge in [0.2, 0.25) is 0 Å². The van der Waals surface area contributed by atoms with E-state index in [0.29, 0.717) is 6.07 Å². The van der Waals surface area contributed by atoms with E-state index in [4.69, 9.17) is 4.55 Å². The van der Waals surface area contributed by atoms with E-state index in [2.05, 4.69) is 0 Å². The van der Waals surface area contributed by atoms with E-state index in [-0.39, 0.29) is 0 Å². The Morgan fingerprint density at radius 2 is 1.72 bits per heavy atom. The van der Waals surface area contributed by atoms with Gasteiger partial charge >= 0.3 is 21.5 Å². The molecule has 0 fully saturated rings. The van der Waals surface area contributed by atoms with Crippen LogP contribution in [-0.2, 0) is 10.1 Å². The van der Waals surface area contributed by atoms with Crippen LogP contribution in [0.3, 0.4) is 0 Å². The molecule has 0 saturated heterocycles. The van der Waals surface area contributed by atoms with Crippen molar-refractivity contribution in [2.75, 3.05) is 0 Å². The van der Waals surface area contributed by atoms with E-state index in [1.165, 1.54) is 0 Å². The molecule has 0 bridgehead atoms. The fourth-order valence-corrected chi connectivity index (χ4v) is 2.26. The summed E-state index contributed by atoms with van der Waals surface area (Å²) in [5.41, 5.74) is -3.16. The van der Waals surface area contributed by atoms with Crippen LogP contribution >= 0.6 is 0 Å². The summed E-state index contributed by atoms with van der Waals surface area (Å²) in [5.74, 6) is -0.847. The first-order valence-electron chi connectivity index (χ1n) is 4.20. The molecule has 0 unspecified atom stereocenters. The molecule has 0 aliphatic carbocycles. The number of phenolic OH excluding ortho intramolecular Hbond substituents is 1. The first-order chi connectivity index (χ1) is 8.07. The summed E-state index contributed by atoms with van der Waals surface area (Å²) in [4.78, 5) is 17.4. The molecule has 2 N–H and O–H groups in total. The second-order valence-electron chi connectivity index (χ2n) is 3.21. The lowest BCUT2D eigenvalue weighted by atomic mass is 10.1. The van der Waals surface area contributed by atoms with E-state index in [1.54, 1.807) is 0 Å². The van der Waals surface area contributed by atoms with Crippen LogP contribution < -0.4 is 0 Å². The Hall–Kier alpha value is -2.27. The largest absolute Gasteiger partial charge is 0.507 e. The summed E-state index contributed by atoms with van der Waals surface area (Å²) < 4.78 is 30.9. The molecule has 11 heteroatoms. The van der Waals surface area contributed by atoms with Crippen molar-refractivity contribution < 1.29 is 27.9 Å². The molecule has 0 aliphatic rings. The van der Waals surface area contributed by atoms with E-state index in [1.807, 2.05) is 0 Å². The average Bonchev–Trinajstić information content (AvgIpc) is 2.18. The van der Waals surface area contributed by atoms with Crippen molar-refractivity contribution >= 4 is 21.5 Å². The maximum atomic E-state index is 11.0. The SMILES string of the molecule is Cc1c(O)cc([N+](=O)[O-])c([N+](=O)[O-])c1S(=O)(=O)O. The lowest BCUT2D eigenvalue weighted by Crippen LogP contribution is -2.08. The molecule has 10 nitrogen and oxygen atoms in total. The van der Waals surface area contributed by atoms with Gasteiger partial charge in [-0.05, 0) is 6.92 Å². The molecule has 0 radical (unpaired) electrons. The lowest BCUT2D eigenvalue weighted by Gasteiger charge is -2.06. The highest BCUT2D eigenvalue weighted by Gasteiger charge is 2.37. The monoisotopic (exact) mass is 278 g/mol. The molecular weight excluding hydrogens is 272 g/mol. The molecule has 1 aromatic rings. The molecule has 0 aromatic heterocycles. The van der Waals surface area contributed by atoms with Gasteiger partial charge in [0.15, 0.2) is 4.90 Å². The number of hydrogen-bond donors (Lipinski definition) is 2. The van der Waals surface area contributed by atoms with Gasteiger partial charge in [-0.2, -0.15) is 8.42 Å². The standard InChI is InChI=1S/C7H6N2O8S/c1-3-5(10)2-4(8(11)12)6(9(13)14)7(3)18(15,16)17/h2,10H,1H3,(H,15,16,17). The summed E-state index contributed by atoms with van der Waals surface area (Å²) >= 11 is 0. The van der Waals surface area contributed by atoms with Crippen molar-refractivity contribution in [1.29, 1.82) is 0 Å². The Morgan fingerprint density at radius 3 is 2.06 bits per heavy atom. The van der Waals surface area contributed by atoms with Gasteiger partial charge in [-0.1, -0.05) is 0 Å². The molecule has 1 aromatic carbocycles. The summed E-state index contributed by atoms with van der Waals surface area (Å²) in [6.45, 7) is 0.967. The second kappa shape index (κ2) is 4.19. The van der Waals surface area contributed by atoms with Gasteiger partial charge in [-0.15, -0.1) is 0 Å². The first-order valence-corrected chi connectivity index (χ1v) is 5.64. The van der Waals surface area contributed by atoms with Gasteiger partial charge < -0.3 is 5.11 Å². The normalized spacial score (nSPS) is 11.2. The van der Waals surface area contributed by atoms with Gasteiger partial charge in [-0.3, -0.25) is 24.8 Å². The minimum Gasteiger partial charge on any atom is -0.507 e. The molecular formula is C7H6N2O8S. The zero-order valence-corrected chi connectivity index (χ0v) is 9.54. The molecule has 0 amide bonds. The number of phenols is 1. The number of nitro groups is 2. The molecule has 18 heavy (non-hydrogen) atoms. The maximum absolute atomic E-state index is 11.0. The Morgan fingerprint density at radius 1 is 1.22 bits per heavy atom. The summed E-state index contributed by atoms with van der Waals surface area (Å²) in [5, 5.41) is 30.6. The molecule has 0 atom stereocenters. The number of hydrogen-bond acceptors (Lipinski definition) is 7. The predicted octanol–water partition coefficient (Wildman–Crippen LogP) is 0.764. The smallest absolute Gasteiger partial charge is 0.367 e. The third kappa shape index (κ3) is 2.21. The highest BCUT2D eigenvalue weighted by atomic mass is 32.2. The topological polar surface area (TPSA) is 161 Å². The van der Waals surface area contributed by atoms with Crippen LogP contribution in [0.15, 0.2) is 11.0 Å². The number of nitro benzene ring substituents is 2. The van der Waals surface area contributed by atoms with Crippen molar-refractivity contribution in [3.8, 4) is 5.75 Å². The number of rotatable bonds is 3. The molecule has 1 rings (SSSR count). The van der Waals surface area contributed by atoms with E-state index in [9.17, 15) is 33.8 Å². The Kier molecular flexibility index (Phi) is 3.21. The zero-order valence-electron chi connectivity index (χ0n) is 8.72. The van der Waals surface area contributed by atoms with Crippen molar-refractivity contribution in [3.63, 3.8) is 0 Å². The molecule has 98 valence electrons. The van der Waals surface area contributed by atoms with Gasteiger partial charge in [-0.25, -0.2) is 0 Å². The highest BCUT2D eigenvalue weighted by molar-refractivity contribution is 7.86. The van der Waals surface area contributed by atoms with Crippen LogP contribution in [-0.4, -0.2) is 27.9 Å². The number of aromatic hydroxyl groups is 1. The highest BCUT2D eigenvalue weighted by Crippen LogP contribution is 2.40. The molecule has 0 aliphatic heterocycles. The maximum Gasteiger partial charge on any atom is 0.367 e. The van der Waals surface area contributed by atoms with E-state index < -0.39 is 47.5 Å². The zero-order chi connectivity index (χ0) is 14.2. The lowest BCUT2D eigenvalue weighted by molar-refractivity contribution is -0.424. The van der Waals surface area contributed by atoms with Crippen molar-refractivity contribution in [3.05, 3.63) is 31.9 Å². The predicted molar refractivity (Wildman–Crippen MR) is 56.0 cm³/mol. The van der Waals surface area contributed by atoms with Crippen LogP contribution in [0.4, 0.5) is 11.4 Å².